The van der Waals surface area contributed by atoms with Gasteiger partial charge >= 0.3 is 0 Å². The molecular weight excluding hydrogens is 456 g/mol. The van der Waals surface area contributed by atoms with Crippen LogP contribution in [0.1, 0.15) is 28.7 Å². The maximum atomic E-state index is 13.6. The molecule has 0 aromatic heterocycles. The van der Waals surface area contributed by atoms with Crippen LogP contribution in [0.3, 0.4) is 0 Å². The normalized spacial score (nSPS) is 12.0. The smallest absolute Gasteiger partial charge is 0.240 e. The van der Waals surface area contributed by atoms with Crippen LogP contribution in [0.15, 0.2) is 115 Å². The van der Waals surface area contributed by atoms with Gasteiger partial charge < -0.3 is 11.1 Å². The van der Waals surface area contributed by atoms with E-state index in [1.165, 1.54) is 0 Å². The minimum absolute atomic E-state index is 0.102. The molecule has 0 fully saturated rings. The third-order valence-corrected chi connectivity index (χ3v) is 6.47. The minimum atomic E-state index is -0.860. The van der Waals surface area contributed by atoms with Crippen molar-refractivity contribution in [3.8, 4) is 0 Å². The molecule has 0 saturated heterocycles. The third-order valence-electron chi connectivity index (χ3n) is 6.23. The Bertz CT molecular complexity index is 1180. The van der Waals surface area contributed by atoms with Gasteiger partial charge in [-0.3, -0.25) is 9.59 Å². The number of nitrogens with one attached hydrogen (secondary N) is 1. The first-order chi connectivity index (χ1) is 17.0. The van der Waals surface area contributed by atoms with Crippen molar-refractivity contribution in [2.45, 2.75) is 24.3 Å². The monoisotopic (exact) mass is 482 g/mol. The second-order valence-corrected chi connectivity index (χ2v) is 8.97. The number of primary amides is 1. The van der Waals surface area contributed by atoms with E-state index in [9.17, 15) is 9.59 Å². The van der Waals surface area contributed by atoms with Crippen molar-refractivity contribution in [3.63, 3.8) is 0 Å². The first kappa shape index (κ1) is 24.2. The molecule has 0 unspecified atom stereocenters. The molecule has 3 N–H and O–H groups in total. The van der Waals surface area contributed by atoms with Crippen LogP contribution in [0, 0.1) is 0 Å². The van der Waals surface area contributed by atoms with Gasteiger partial charge in [-0.1, -0.05) is 115 Å². The molecule has 0 radical (unpaired) electrons. The van der Waals surface area contributed by atoms with Gasteiger partial charge in [0.2, 0.25) is 11.8 Å². The zero-order valence-electron chi connectivity index (χ0n) is 19.2. The number of halogens is 1. The van der Waals surface area contributed by atoms with Crippen molar-refractivity contribution >= 4 is 23.4 Å². The fourth-order valence-corrected chi connectivity index (χ4v) is 4.80. The summed E-state index contributed by atoms with van der Waals surface area (Å²) in [5, 5.41) is 3.46. The summed E-state index contributed by atoms with van der Waals surface area (Å²) in [5.74, 6) is -0.865. The Morgan fingerprint density at radius 1 is 0.743 bits per heavy atom. The predicted octanol–water partition coefficient (Wildman–Crippen LogP) is 5.28. The lowest BCUT2D eigenvalue weighted by Gasteiger charge is -2.36. The fraction of sp³-hybridized carbons (Fsp3) is 0.133. The molecule has 0 aliphatic heterocycles. The van der Waals surface area contributed by atoms with Crippen molar-refractivity contribution in [3.05, 3.63) is 143 Å². The van der Waals surface area contributed by atoms with E-state index in [1.54, 1.807) is 12.1 Å². The van der Waals surface area contributed by atoms with E-state index in [-0.39, 0.29) is 18.7 Å². The Kier molecular flexibility index (Phi) is 7.64. The van der Waals surface area contributed by atoms with Crippen LogP contribution < -0.4 is 11.1 Å². The summed E-state index contributed by atoms with van der Waals surface area (Å²) in [7, 11) is 0. The Hall–Kier alpha value is -3.89. The molecule has 5 heteroatoms. The summed E-state index contributed by atoms with van der Waals surface area (Å²) in [6.45, 7) is 0. The molecule has 0 bridgehead atoms. The molecule has 35 heavy (non-hydrogen) atoms. The van der Waals surface area contributed by atoms with Gasteiger partial charge in [-0.05, 0) is 34.4 Å². The molecule has 0 aliphatic rings. The van der Waals surface area contributed by atoms with E-state index < -0.39 is 17.4 Å². The zero-order chi connectivity index (χ0) is 24.7. The van der Waals surface area contributed by atoms with E-state index in [1.807, 2.05) is 103 Å². The van der Waals surface area contributed by atoms with Crippen LogP contribution in [-0.2, 0) is 21.4 Å². The molecule has 176 valence electrons. The van der Waals surface area contributed by atoms with Crippen LogP contribution in [-0.4, -0.2) is 17.9 Å². The highest BCUT2D eigenvalue weighted by molar-refractivity contribution is 6.30. The summed E-state index contributed by atoms with van der Waals surface area (Å²) < 4.78 is 0. The zero-order valence-corrected chi connectivity index (χ0v) is 20.0. The van der Waals surface area contributed by atoms with Crippen molar-refractivity contribution in [1.82, 2.24) is 5.32 Å². The van der Waals surface area contributed by atoms with Crippen LogP contribution in [0.25, 0.3) is 0 Å². The lowest BCUT2D eigenvalue weighted by molar-refractivity contribution is -0.127. The predicted molar refractivity (Wildman–Crippen MR) is 140 cm³/mol. The van der Waals surface area contributed by atoms with Gasteiger partial charge in [0.1, 0.15) is 6.04 Å². The van der Waals surface area contributed by atoms with Crippen LogP contribution in [0.5, 0.6) is 0 Å². The average Bonchev–Trinajstić information content (AvgIpc) is 2.88. The number of benzene rings is 4. The molecule has 0 spiro atoms. The molecule has 4 aromatic rings. The van der Waals surface area contributed by atoms with Crippen LogP contribution >= 0.6 is 11.6 Å². The molecule has 0 saturated carbocycles. The molecule has 1 atom stereocenters. The lowest BCUT2D eigenvalue weighted by Crippen LogP contribution is -2.48. The highest BCUT2D eigenvalue weighted by atomic mass is 35.5. The maximum absolute atomic E-state index is 13.6. The first-order valence-corrected chi connectivity index (χ1v) is 11.9. The number of hydrogen-bond donors (Lipinski definition) is 2. The van der Waals surface area contributed by atoms with Crippen LogP contribution in [0.2, 0.25) is 5.02 Å². The standard InChI is InChI=1S/C30H27ClN2O2/c31-26-18-10-11-22(19-26)20-27(29(32)35)33-28(34)21-30(23-12-4-1-5-13-23,24-14-6-2-7-15-24)25-16-8-3-9-17-25/h1-19,27H,20-21H2,(H2,32,35)(H,33,34)/t27-/m1/s1. The Morgan fingerprint density at radius 3 is 1.66 bits per heavy atom. The van der Waals surface area contributed by atoms with Crippen LogP contribution in [0.4, 0.5) is 0 Å². The van der Waals surface area contributed by atoms with E-state index in [4.69, 9.17) is 17.3 Å². The number of hydrogen-bond acceptors (Lipinski definition) is 2. The van der Waals surface area contributed by atoms with E-state index >= 15 is 0 Å². The molecular formula is C30H27ClN2O2. The number of carbonyl (C=O) groups is 2. The molecule has 0 heterocycles. The number of amides is 2. The van der Waals surface area contributed by atoms with Crippen molar-refractivity contribution in [2.24, 2.45) is 5.73 Å². The second-order valence-electron chi connectivity index (χ2n) is 8.54. The molecule has 4 rings (SSSR count). The summed E-state index contributed by atoms with van der Waals surface area (Å²) in [6, 6.07) is 36.2. The Labute approximate surface area is 210 Å². The Balaban J connectivity index is 1.73. The molecule has 0 aliphatic carbocycles. The third kappa shape index (κ3) is 5.61. The summed E-state index contributed by atoms with van der Waals surface area (Å²) in [4.78, 5) is 25.9. The summed E-state index contributed by atoms with van der Waals surface area (Å²) in [6.07, 6.45) is 0.362. The minimum Gasteiger partial charge on any atom is -0.368 e. The molecule has 4 aromatic carbocycles. The average molecular weight is 483 g/mol. The number of nitrogens with two attached hydrogens (primary N) is 1. The maximum Gasteiger partial charge on any atom is 0.240 e. The number of rotatable bonds is 9. The quantitative estimate of drug-likeness (QED) is 0.319. The van der Waals surface area contributed by atoms with E-state index in [0.29, 0.717) is 5.02 Å². The summed E-state index contributed by atoms with van der Waals surface area (Å²) >= 11 is 6.10. The lowest BCUT2D eigenvalue weighted by atomic mass is 9.67. The van der Waals surface area contributed by atoms with Crippen molar-refractivity contribution in [2.75, 3.05) is 0 Å². The van der Waals surface area contributed by atoms with Gasteiger partial charge in [-0.2, -0.15) is 0 Å². The fourth-order valence-electron chi connectivity index (χ4n) is 4.58. The van der Waals surface area contributed by atoms with Gasteiger partial charge in [0.25, 0.3) is 0 Å². The molecule has 4 nitrogen and oxygen atoms in total. The first-order valence-electron chi connectivity index (χ1n) is 11.5. The van der Waals surface area contributed by atoms with Gasteiger partial charge in [0.05, 0.1) is 5.41 Å². The van der Waals surface area contributed by atoms with Gasteiger partial charge in [-0.25, -0.2) is 0 Å². The number of carbonyl (C=O) groups excluding carboxylic acids is 2. The highest BCUT2D eigenvalue weighted by Gasteiger charge is 2.39. The van der Waals surface area contributed by atoms with E-state index in [0.717, 1.165) is 22.3 Å². The van der Waals surface area contributed by atoms with E-state index in [2.05, 4.69) is 5.32 Å². The topological polar surface area (TPSA) is 72.2 Å². The molecule has 2 amide bonds. The highest BCUT2D eigenvalue weighted by Crippen LogP contribution is 2.42. The van der Waals surface area contributed by atoms with Gasteiger partial charge in [-0.15, -0.1) is 0 Å². The second kappa shape index (κ2) is 11.0. The van der Waals surface area contributed by atoms with Gasteiger partial charge in [0, 0.05) is 17.9 Å². The summed E-state index contributed by atoms with van der Waals surface area (Å²) in [5.41, 5.74) is 8.70. The SMILES string of the molecule is NC(=O)[C@@H](Cc1cccc(Cl)c1)NC(=O)CC(c1ccccc1)(c1ccccc1)c1ccccc1. The van der Waals surface area contributed by atoms with Crippen molar-refractivity contribution in [1.29, 1.82) is 0 Å². The largest absolute Gasteiger partial charge is 0.368 e. The van der Waals surface area contributed by atoms with Crippen molar-refractivity contribution < 1.29 is 9.59 Å². The Morgan fingerprint density at radius 2 is 1.23 bits per heavy atom. The van der Waals surface area contributed by atoms with Gasteiger partial charge in [0.15, 0.2) is 0 Å².